The smallest absolute Gasteiger partial charge is 0.419 e. The van der Waals surface area contributed by atoms with E-state index in [0.717, 1.165) is 28.6 Å². The van der Waals surface area contributed by atoms with Crippen LogP contribution >= 0.6 is 0 Å². The zero-order valence-electron chi connectivity index (χ0n) is 12.3. The highest BCUT2D eigenvalue weighted by molar-refractivity contribution is 5.93. The lowest BCUT2D eigenvalue weighted by Crippen LogP contribution is -2.28. The Morgan fingerprint density at radius 2 is 1.89 bits per heavy atom. The molecule has 0 aliphatic rings. The third kappa shape index (κ3) is 2.50. The minimum absolute atomic E-state index is 0.298. The van der Waals surface area contributed by atoms with Crippen molar-refractivity contribution in [1.82, 2.24) is 4.57 Å². The van der Waals surface area contributed by atoms with Gasteiger partial charge in [0.05, 0.1) is 5.52 Å². The first-order valence-electron chi connectivity index (χ1n) is 6.67. The Morgan fingerprint density at radius 1 is 1.26 bits per heavy atom. The van der Waals surface area contributed by atoms with Gasteiger partial charge in [0.1, 0.15) is 5.60 Å². The highest BCUT2D eigenvalue weighted by atomic mass is 16.6. The lowest BCUT2D eigenvalue weighted by molar-refractivity contribution is 0.0540. The summed E-state index contributed by atoms with van der Waals surface area (Å²) in [5, 5.41) is 1.12. The molecule has 0 N–H and O–H groups in total. The monoisotopic (exact) mass is 259 g/mol. The third-order valence-electron chi connectivity index (χ3n) is 3.16. The number of ether oxygens (including phenoxy) is 1. The van der Waals surface area contributed by atoms with E-state index in [9.17, 15) is 4.79 Å². The Kier molecular flexibility index (Phi) is 3.40. The summed E-state index contributed by atoms with van der Waals surface area (Å²) >= 11 is 0. The SMILES string of the molecule is CCc1c(C)c2ccccc2n1C(=O)OC(C)(C)C. The van der Waals surface area contributed by atoms with Crippen LogP contribution in [0.5, 0.6) is 0 Å². The second-order valence-electron chi connectivity index (χ2n) is 5.76. The fraction of sp³-hybridized carbons (Fsp3) is 0.438. The van der Waals surface area contributed by atoms with E-state index in [0.29, 0.717) is 0 Å². The highest BCUT2D eigenvalue weighted by Crippen LogP contribution is 2.27. The molecule has 3 nitrogen and oxygen atoms in total. The van der Waals surface area contributed by atoms with E-state index in [1.807, 2.05) is 45.0 Å². The molecule has 0 fully saturated rings. The van der Waals surface area contributed by atoms with E-state index < -0.39 is 5.60 Å². The molecule has 0 unspecified atom stereocenters. The number of aromatic nitrogens is 1. The lowest BCUT2D eigenvalue weighted by Gasteiger charge is -2.20. The van der Waals surface area contributed by atoms with Crippen LogP contribution in [0.3, 0.4) is 0 Å². The van der Waals surface area contributed by atoms with Crippen LogP contribution < -0.4 is 0 Å². The summed E-state index contributed by atoms with van der Waals surface area (Å²) in [7, 11) is 0. The van der Waals surface area contributed by atoms with E-state index in [1.165, 1.54) is 0 Å². The largest absolute Gasteiger partial charge is 0.443 e. The molecule has 0 spiro atoms. The molecule has 1 aromatic carbocycles. The number of carbonyl (C=O) groups is 1. The van der Waals surface area contributed by atoms with E-state index in [4.69, 9.17) is 4.74 Å². The Hall–Kier alpha value is -1.77. The molecular weight excluding hydrogens is 238 g/mol. The molecule has 0 aliphatic carbocycles. The molecule has 0 atom stereocenters. The van der Waals surface area contributed by atoms with Gasteiger partial charge in [0.15, 0.2) is 0 Å². The number of para-hydroxylation sites is 1. The van der Waals surface area contributed by atoms with Crippen molar-refractivity contribution in [2.75, 3.05) is 0 Å². The van der Waals surface area contributed by atoms with Gasteiger partial charge in [-0.25, -0.2) is 9.36 Å². The van der Waals surface area contributed by atoms with E-state index >= 15 is 0 Å². The predicted octanol–water partition coefficient (Wildman–Crippen LogP) is 4.30. The molecule has 2 rings (SSSR count). The molecule has 19 heavy (non-hydrogen) atoms. The summed E-state index contributed by atoms with van der Waals surface area (Å²) < 4.78 is 7.22. The lowest BCUT2D eigenvalue weighted by atomic mass is 10.1. The molecule has 0 saturated carbocycles. The molecule has 0 bridgehead atoms. The number of fused-ring (bicyclic) bond motifs is 1. The van der Waals surface area contributed by atoms with Crippen molar-refractivity contribution < 1.29 is 9.53 Å². The predicted molar refractivity (Wildman–Crippen MR) is 77.7 cm³/mol. The van der Waals surface area contributed by atoms with Gasteiger partial charge in [0, 0.05) is 11.1 Å². The van der Waals surface area contributed by atoms with E-state index in [1.54, 1.807) is 4.57 Å². The van der Waals surface area contributed by atoms with Crippen molar-refractivity contribution in [3.05, 3.63) is 35.5 Å². The maximum Gasteiger partial charge on any atom is 0.419 e. The van der Waals surface area contributed by atoms with Gasteiger partial charge in [0.25, 0.3) is 0 Å². The van der Waals surface area contributed by atoms with Crippen molar-refractivity contribution in [3.8, 4) is 0 Å². The second kappa shape index (κ2) is 4.72. The fourth-order valence-electron chi connectivity index (χ4n) is 2.39. The molecule has 102 valence electrons. The maximum absolute atomic E-state index is 12.4. The van der Waals surface area contributed by atoms with Crippen LogP contribution in [-0.2, 0) is 11.2 Å². The summed E-state index contributed by atoms with van der Waals surface area (Å²) in [6, 6.07) is 7.95. The van der Waals surface area contributed by atoms with Gasteiger partial charge in [-0.05, 0) is 45.7 Å². The summed E-state index contributed by atoms with van der Waals surface area (Å²) in [6.07, 6.45) is 0.508. The van der Waals surface area contributed by atoms with Crippen molar-refractivity contribution in [3.63, 3.8) is 0 Å². The van der Waals surface area contributed by atoms with Crippen molar-refractivity contribution in [1.29, 1.82) is 0 Å². The topological polar surface area (TPSA) is 31.2 Å². The molecule has 1 aromatic heterocycles. The fourth-order valence-corrected chi connectivity index (χ4v) is 2.39. The van der Waals surface area contributed by atoms with E-state index in [-0.39, 0.29) is 6.09 Å². The molecule has 0 radical (unpaired) electrons. The van der Waals surface area contributed by atoms with Crippen LogP contribution in [0.4, 0.5) is 4.79 Å². The first-order valence-corrected chi connectivity index (χ1v) is 6.67. The van der Waals surface area contributed by atoms with Crippen LogP contribution in [0, 0.1) is 6.92 Å². The zero-order chi connectivity index (χ0) is 14.2. The van der Waals surface area contributed by atoms with Gasteiger partial charge >= 0.3 is 6.09 Å². The van der Waals surface area contributed by atoms with Crippen molar-refractivity contribution in [2.24, 2.45) is 0 Å². The number of aryl methyl sites for hydroxylation is 1. The van der Waals surface area contributed by atoms with Gasteiger partial charge in [-0.2, -0.15) is 0 Å². The first-order chi connectivity index (χ1) is 8.85. The summed E-state index contributed by atoms with van der Waals surface area (Å²) in [5.74, 6) is 0. The number of nitrogens with zero attached hydrogens (tertiary/aromatic N) is 1. The van der Waals surface area contributed by atoms with Crippen LogP contribution in [0.1, 0.15) is 39.0 Å². The van der Waals surface area contributed by atoms with Gasteiger partial charge < -0.3 is 4.74 Å². The van der Waals surface area contributed by atoms with Crippen molar-refractivity contribution in [2.45, 2.75) is 46.6 Å². The number of carbonyl (C=O) groups excluding carboxylic acids is 1. The van der Waals surface area contributed by atoms with Gasteiger partial charge in [-0.1, -0.05) is 25.1 Å². The Morgan fingerprint density at radius 3 is 2.47 bits per heavy atom. The van der Waals surface area contributed by atoms with Crippen LogP contribution in [0.25, 0.3) is 10.9 Å². The average Bonchev–Trinajstić information content (AvgIpc) is 2.60. The summed E-state index contributed by atoms with van der Waals surface area (Å²) in [6.45, 7) is 9.77. The molecule has 0 saturated heterocycles. The molecule has 3 heteroatoms. The number of hydrogen-bond donors (Lipinski definition) is 0. The Bertz CT molecular complexity index is 617. The average molecular weight is 259 g/mol. The maximum atomic E-state index is 12.4. The molecule has 1 heterocycles. The molecule has 0 amide bonds. The quantitative estimate of drug-likeness (QED) is 0.764. The first kappa shape index (κ1) is 13.7. The Balaban J connectivity index is 2.62. The summed E-state index contributed by atoms with van der Waals surface area (Å²) in [5.41, 5.74) is 2.62. The van der Waals surface area contributed by atoms with Gasteiger partial charge in [0.2, 0.25) is 0 Å². The molecule has 0 aliphatic heterocycles. The Labute approximate surface area is 114 Å². The minimum atomic E-state index is -0.485. The standard InChI is InChI=1S/C16H21NO2/c1-6-13-11(2)12-9-7-8-10-14(12)17(13)15(18)19-16(3,4)5/h7-10H,6H2,1-5H3. The second-order valence-corrected chi connectivity index (χ2v) is 5.76. The van der Waals surface area contributed by atoms with E-state index in [2.05, 4.69) is 13.8 Å². The number of rotatable bonds is 1. The minimum Gasteiger partial charge on any atom is -0.443 e. The van der Waals surface area contributed by atoms with Gasteiger partial charge in [-0.15, -0.1) is 0 Å². The van der Waals surface area contributed by atoms with Crippen LogP contribution in [0.2, 0.25) is 0 Å². The van der Waals surface area contributed by atoms with Gasteiger partial charge in [-0.3, -0.25) is 0 Å². The van der Waals surface area contributed by atoms with Crippen LogP contribution in [-0.4, -0.2) is 16.3 Å². The number of benzene rings is 1. The molecule has 2 aromatic rings. The third-order valence-corrected chi connectivity index (χ3v) is 3.16. The zero-order valence-corrected chi connectivity index (χ0v) is 12.3. The normalized spacial score (nSPS) is 11.8. The summed E-state index contributed by atoms with van der Waals surface area (Å²) in [4.78, 5) is 12.4. The highest BCUT2D eigenvalue weighted by Gasteiger charge is 2.23. The number of hydrogen-bond acceptors (Lipinski definition) is 2. The molecular formula is C16H21NO2. The van der Waals surface area contributed by atoms with Crippen LogP contribution in [0.15, 0.2) is 24.3 Å². The van der Waals surface area contributed by atoms with Crippen molar-refractivity contribution >= 4 is 17.0 Å².